The minimum atomic E-state index is -0.663. The van der Waals surface area contributed by atoms with E-state index in [9.17, 15) is 14.7 Å². The van der Waals surface area contributed by atoms with Crippen molar-refractivity contribution in [3.8, 4) is 17.4 Å². The molecule has 0 saturated heterocycles. The number of benzene rings is 1. The largest absolute Gasteiger partial charge is 0.538 e. The molecule has 3 aromatic rings. The SMILES string of the molecule is CCOC(=O)c1c(NC(=O)C(C)Sc2c([O-])on[n+]2-c2ccc(OC)cc2)sc2c1CCCCC2. The highest BCUT2D eigenvalue weighted by Crippen LogP contribution is 2.38. The molecule has 1 aliphatic carbocycles. The second kappa shape index (κ2) is 11.1. The molecule has 9 nitrogen and oxygen atoms in total. The van der Waals surface area contributed by atoms with Gasteiger partial charge in [0.2, 0.25) is 11.6 Å². The lowest BCUT2D eigenvalue weighted by Crippen LogP contribution is -2.36. The van der Waals surface area contributed by atoms with Crippen LogP contribution in [0.3, 0.4) is 0 Å². The van der Waals surface area contributed by atoms with E-state index in [1.165, 1.54) is 16.0 Å². The first-order valence-electron chi connectivity index (χ1n) is 11.5. The Hall–Kier alpha value is -3.05. The average molecular weight is 518 g/mol. The van der Waals surface area contributed by atoms with Crippen LogP contribution in [0.25, 0.3) is 5.69 Å². The van der Waals surface area contributed by atoms with Crippen molar-refractivity contribution in [1.29, 1.82) is 0 Å². The van der Waals surface area contributed by atoms with Crippen molar-refractivity contribution in [3.05, 3.63) is 40.3 Å². The maximum atomic E-state index is 13.1. The average Bonchev–Trinajstić information content (AvgIpc) is 3.29. The minimum Gasteiger partial charge on any atom is -0.538 e. The number of methoxy groups -OCH3 is 1. The number of fused-ring (bicyclic) bond motifs is 1. The van der Waals surface area contributed by atoms with Crippen LogP contribution in [0.4, 0.5) is 5.00 Å². The Balaban J connectivity index is 1.55. The van der Waals surface area contributed by atoms with Gasteiger partial charge in [-0.1, -0.05) is 6.42 Å². The zero-order valence-corrected chi connectivity index (χ0v) is 21.4. The van der Waals surface area contributed by atoms with Crippen LogP contribution in [0.5, 0.6) is 11.7 Å². The summed E-state index contributed by atoms with van der Waals surface area (Å²) in [5.41, 5.74) is 2.04. The fraction of sp³-hybridized carbons (Fsp3) is 0.417. The van der Waals surface area contributed by atoms with Gasteiger partial charge >= 0.3 is 5.97 Å². The normalized spacial score (nSPS) is 14.0. The first-order chi connectivity index (χ1) is 16.9. The number of esters is 1. The quantitative estimate of drug-likeness (QED) is 0.208. The van der Waals surface area contributed by atoms with E-state index < -0.39 is 17.2 Å². The highest BCUT2D eigenvalue weighted by atomic mass is 32.2. The van der Waals surface area contributed by atoms with Gasteiger partial charge in [0.05, 0.1) is 29.8 Å². The first-order valence-corrected chi connectivity index (χ1v) is 13.1. The van der Waals surface area contributed by atoms with Crippen molar-refractivity contribution in [2.45, 2.75) is 56.2 Å². The van der Waals surface area contributed by atoms with Crippen LogP contribution in [0.1, 0.15) is 53.9 Å². The van der Waals surface area contributed by atoms with Gasteiger partial charge in [0.25, 0.3) is 5.03 Å². The topological polar surface area (TPSA) is 118 Å². The van der Waals surface area contributed by atoms with Crippen LogP contribution in [-0.4, -0.2) is 36.1 Å². The van der Waals surface area contributed by atoms with Gasteiger partial charge < -0.3 is 24.4 Å². The lowest BCUT2D eigenvalue weighted by Gasteiger charge is -2.11. The number of rotatable bonds is 8. The molecule has 1 unspecified atom stereocenters. The van der Waals surface area contributed by atoms with Gasteiger partial charge in [-0.15, -0.1) is 11.3 Å². The van der Waals surface area contributed by atoms with Gasteiger partial charge in [-0.3, -0.25) is 4.79 Å². The minimum absolute atomic E-state index is 0.172. The van der Waals surface area contributed by atoms with Crippen LogP contribution < -0.4 is 19.8 Å². The second-order valence-electron chi connectivity index (χ2n) is 8.01. The number of amides is 1. The van der Waals surface area contributed by atoms with Crippen molar-refractivity contribution < 1.29 is 33.4 Å². The molecule has 1 aromatic carbocycles. The highest BCUT2D eigenvalue weighted by molar-refractivity contribution is 8.00. The molecule has 1 aliphatic rings. The number of thiophene rings is 1. The van der Waals surface area contributed by atoms with E-state index in [4.69, 9.17) is 14.0 Å². The Morgan fingerprint density at radius 3 is 2.71 bits per heavy atom. The third kappa shape index (κ3) is 5.46. The van der Waals surface area contributed by atoms with E-state index in [0.717, 1.165) is 54.3 Å². The van der Waals surface area contributed by atoms with Crippen molar-refractivity contribution >= 4 is 40.0 Å². The van der Waals surface area contributed by atoms with E-state index in [0.29, 0.717) is 22.0 Å². The number of nitrogens with one attached hydrogen (secondary N) is 1. The second-order valence-corrected chi connectivity index (χ2v) is 10.4. The summed E-state index contributed by atoms with van der Waals surface area (Å²) in [5, 5.41) is 19.1. The monoisotopic (exact) mass is 517 g/mol. The molecule has 11 heteroatoms. The Morgan fingerprint density at radius 1 is 1.26 bits per heavy atom. The fourth-order valence-electron chi connectivity index (χ4n) is 3.91. The van der Waals surface area contributed by atoms with Gasteiger partial charge in [0.1, 0.15) is 10.8 Å². The molecule has 0 aliphatic heterocycles. The molecular formula is C24H27N3O6S2. The number of anilines is 1. The number of thioether (sulfide) groups is 1. The number of nitrogens with zero attached hydrogens (tertiary/aromatic N) is 2. The maximum absolute atomic E-state index is 13.1. The van der Waals surface area contributed by atoms with Gasteiger partial charge in [-0.05, 0) is 73.7 Å². The summed E-state index contributed by atoms with van der Waals surface area (Å²) in [6, 6.07) is 6.95. The van der Waals surface area contributed by atoms with Crippen LogP contribution in [0.15, 0.2) is 33.8 Å². The van der Waals surface area contributed by atoms with E-state index in [1.807, 2.05) is 0 Å². The van der Waals surface area contributed by atoms with Crippen molar-refractivity contribution in [1.82, 2.24) is 5.27 Å². The van der Waals surface area contributed by atoms with Gasteiger partial charge in [-0.2, -0.15) is 0 Å². The van der Waals surface area contributed by atoms with Gasteiger partial charge in [0, 0.05) is 17.0 Å². The Kier molecular flexibility index (Phi) is 7.97. The number of aryl methyl sites for hydroxylation is 1. The van der Waals surface area contributed by atoms with Crippen molar-refractivity contribution in [2.75, 3.05) is 19.0 Å². The van der Waals surface area contributed by atoms with Crippen LogP contribution in [-0.2, 0) is 22.4 Å². The molecule has 1 amide bonds. The fourth-order valence-corrected chi connectivity index (χ4v) is 6.06. The molecular weight excluding hydrogens is 490 g/mol. The van der Waals surface area contributed by atoms with Crippen LogP contribution >= 0.6 is 23.1 Å². The number of hydrogen-bond donors (Lipinski definition) is 1. The molecule has 35 heavy (non-hydrogen) atoms. The summed E-state index contributed by atoms with van der Waals surface area (Å²) in [7, 11) is 1.56. The zero-order valence-electron chi connectivity index (χ0n) is 19.8. The summed E-state index contributed by atoms with van der Waals surface area (Å²) in [6.45, 7) is 3.71. The summed E-state index contributed by atoms with van der Waals surface area (Å²) in [6.07, 6.45) is 4.85. The number of carbonyl (C=O) groups is 2. The summed E-state index contributed by atoms with van der Waals surface area (Å²) in [5.74, 6) is -0.728. The Bertz CT molecular complexity index is 1200. The smallest absolute Gasteiger partial charge is 0.341 e. The number of aromatic nitrogens is 2. The molecule has 0 spiro atoms. The summed E-state index contributed by atoms with van der Waals surface area (Å²) in [4.78, 5) is 27.0. The molecule has 1 N–H and O–H groups in total. The molecule has 0 bridgehead atoms. The van der Waals surface area contributed by atoms with Crippen molar-refractivity contribution in [3.63, 3.8) is 0 Å². The van der Waals surface area contributed by atoms with E-state index in [1.54, 1.807) is 45.2 Å². The molecule has 4 rings (SSSR count). The Labute approximate surface area is 211 Å². The predicted molar refractivity (Wildman–Crippen MR) is 130 cm³/mol. The summed E-state index contributed by atoms with van der Waals surface area (Å²) < 4.78 is 16.7. The lowest BCUT2D eigenvalue weighted by molar-refractivity contribution is -0.705. The molecule has 0 radical (unpaired) electrons. The third-order valence-corrected chi connectivity index (χ3v) is 8.02. The highest BCUT2D eigenvalue weighted by Gasteiger charge is 2.30. The van der Waals surface area contributed by atoms with E-state index in [-0.39, 0.29) is 17.5 Å². The first kappa shape index (κ1) is 25.1. The summed E-state index contributed by atoms with van der Waals surface area (Å²) >= 11 is 2.48. The molecule has 2 heterocycles. The van der Waals surface area contributed by atoms with Crippen LogP contribution in [0, 0.1) is 0 Å². The third-order valence-electron chi connectivity index (χ3n) is 5.68. The standard InChI is InChI=1S/C24H27N3O6S2/c1-4-32-23(29)19-17-8-6-5-7-9-18(17)35-21(19)25-20(28)14(2)34-22-24(30)33-26-27(22)15-10-12-16(31-3)13-11-15/h10-14H,4-9H2,1-3H3,(H-,25,26,28,29,30). The van der Waals surface area contributed by atoms with E-state index in [2.05, 4.69) is 10.6 Å². The van der Waals surface area contributed by atoms with Crippen LogP contribution in [0.2, 0.25) is 0 Å². The molecule has 0 saturated carbocycles. The lowest BCUT2D eigenvalue weighted by atomic mass is 10.1. The van der Waals surface area contributed by atoms with Gasteiger partial charge in [0.15, 0.2) is 5.95 Å². The maximum Gasteiger partial charge on any atom is 0.341 e. The number of carbonyl (C=O) groups excluding carboxylic acids is 2. The van der Waals surface area contributed by atoms with Crippen molar-refractivity contribution in [2.24, 2.45) is 0 Å². The molecule has 1 atom stereocenters. The zero-order chi connectivity index (χ0) is 24.9. The Morgan fingerprint density at radius 2 is 2.00 bits per heavy atom. The predicted octanol–water partition coefficient (Wildman–Crippen LogP) is 3.66. The van der Waals surface area contributed by atoms with Gasteiger partial charge in [-0.25, -0.2) is 4.79 Å². The molecule has 2 aromatic heterocycles. The number of hydrogen-bond acceptors (Lipinski definition) is 9. The molecule has 186 valence electrons. The number of ether oxygens (including phenoxy) is 2. The molecule has 0 fully saturated rings. The van der Waals surface area contributed by atoms with E-state index >= 15 is 0 Å².